The third-order valence-electron chi connectivity index (χ3n) is 4.17. The molecule has 0 unspecified atom stereocenters. The fraction of sp³-hybridized carbons (Fsp3) is 0. The van der Waals surface area contributed by atoms with Crippen molar-refractivity contribution in [3.8, 4) is 11.3 Å². The predicted octanol–water partition coefficient (Wildman–Crippen LogP) is 4.87. The van der Waals surface area contributed by atoms with Crippen LogP contribution in [0.1, 0.15) is 11.5 Å². The maximum Gasteiger partial charge on any atom is 0.269 e. The molecule has 132 valence electrons. The molecule has 0 saturated carbocycles. The smallest absolute Gasteiger partial charge is 0.269 e. The van der Waals surface area contributed by atoms with Gasteiger partial charge in [-0.15, -0.1) is 0 Å². The zero-order valence-electron chi connectivity index (χ0n) is 14.1. The third-order valence-corrected chi connectivity index (χ3v) is 4.17. The maximum atomic E-state index is 12.2. The Kier molecular flexibility index (Phi) is 4.14. The molecule has 2 aromatic heterocycles. The summed E-state index contributed by atoms with van der Waals surface area (Å²) in [6, 6.07) is 18.6. The van der Waals surface area contributed by atoms with Crippen LogP contribution < -0.4 is 5.43 Å². The molecule has 0 amide bonds. The predicted molar refractivity (Wildman–Crippen MR) is 104 cm³/mol. The van der Waals surface area contributed by atoms with Crippen molar-refractivity contribution in [2.45, 2.75) is 0 Å². The number of rotatable bonds is 4. The van der Waals surface area contributed by atoms with E-state index in [1.54, 1.807) is 48.6 Å². The van der Waals surface area contributed by atoms with E-state index in [2.05, 4.69) is 4.98 Å². The highest BCUT2D eigenvalue weighted by Crippen LogP contribution is 2.25. The van der Waals surface area contributed by atoms with Gasteiger partial charge in [-0.05, 0) is 48.6 Å². The largest absolute Gasteiger partial charge is 0.457 e. The number of fused-ring (bicyclic) bond motifs is 1. The number of nitro benzene ring substituents is 1. The van der Waals surface area contributed by atoms with E-state index >= 15 is 0 Å². The fourth-order valence-electron chi connectivity index (χ4n) is 2.82. The molecule has 2 heterocycles. The molecule has 4 rings (SSSR count). The standard InChI is InChI=1S/C21H14N2O4/c24-20-13-15(22-19-4-2-1-3-18(19)20)7-10-17-11-12-21(27-17)14-5-8-16(9-6-14)23(25)26/h1-13H,(H,22,24)/b10-7+. The van der Waals surface area contributed by atoms with Crippen molar-refractivity contribution in [3.05, 3.63) is 98.5 Å². The lowest BCUT2D eigenvalue weighted by atomic mass is 10.1. The van der Waals surface area contributed by atoms with Crippen molar-refractivity contribution < 1.29 is 9.34 Å². The van der Waals surface area contributed by atoms with Crippen molar-refractivity contribution >= 4 is 28.7 Å². The van der Waals surface area contributed by atoms with Crippen LogP contribution in [-0.2, 0) is 0 Å². The summed E-state index contributed by atoms with van der Waals surface area (Å²) in [5.41, 5.74) is 2.18. The lowest BCUT2D eigenvalue weighted by Crippen LogP contribution is -2.02. The van der Waals surface area contributed by atoms with Crippen LogP contribution in [0.3, 0.4) is 0 Å². The molecule has 1 N–H and O–H groups in total. The summed E-state index contributed by atoms with van der Waals surface area (Å²) in [7, 11) is 0. The normalized spacial score (nSPS) is 11.3. The highest BCUT2D eigenvalue weighted by Gasteiger charge is 2.08. The van der Waals surface area contributed by atoms with E-state index in [1.165, 1.54) is 12.1 Å². The highest BCUT2D eigenvalue weighted by atomic mass is 16.6. The van der Waals surface area contributed by atoms with E-state index in [9.17, 15) is 14.9 Å². The minimum absolute atomic E-state index is 0.0330. The number of nitro groups is 1. The summed E-state index contributed by atoms with van der Waals surface area (Å²) < 4.78 is 5.76. The van der Waals surface area contributed by atoms with Crippen LogP contribution in [0.4, 0.5) is 5.69 Å². The Morgan fingerprint density at radius 2 is 1.74 bits per heavy atom. The van der Waals surface area contributed by atoms with Crippen molar-refractivity contribution in [2.75, 3.05) is 0 Å². The second-order valence-corrected chi connectivity index (χ2v) is 5.97. The molecule has 0 bridgehead atoms. The van der Waals surface area contributed by atoms with Gasteiger partial charge in [-0.3, -0.25) is 14.9 Å². The van der Waals surface area contributed by atoms with Gasteiger partial charge in [-0.1, -0.05) is 12.1 Å². The Morgan fingerprint density at radius 3 is 2.52 bits per heavy atom. The van der Waals surface area contributed by atoms with Gasteiger partial charge in [0.1, 0.15) is 11.5 Å². The Morgan fingerprint density at radius 1 is 0.963 bits per heavy atom. The topological polar surface area (TPSA) is 89.1 Å². The molecule has 4 aromatic rings. The van der Waals surface area contributed by atoms with Crippen molar-refractivity contribution in [2.24, 2.45) is 0 Å². The lowest BCUT2D eigenvalue weighted by molar-refractivity contribution is -0.384. The van der Waals surface area contributed by atoms with Crippen LogP contribution in [0.25, 0.3) is 34.4 Å². The zero-order chi connectivity index (χ0) is 18.8. The number of nitrogens with zero attached hydrogens (tertiary/aromatic N) is 1. The number of H-pyrrole nitrogens is 1. The molecule has 0 aliphatic heterocycles. The van der Waals surface area contributed by atoms with Crippen molar-refractivity contribution in [1.82, 2.24) is 4.98 Å². The number of hydrogen-bond acceptors (Lipinski definition) is 4. The van der Waals surface area contributed by atoms with Gasteiger partial charge < -0.3 is 9.40 Å². The third kappa shape index (κ3) is 3.41. The number of non-ortho nitro benzene ring substituents is 1. The van der Waals surface area contributed by atoms with Gasteiger partial charge in [0.2, 0.25) is 0 Å². The summed E-state index contributed by atoms with van der Waals surface area (Å²) in [5, 5.41) is 11.4. The number of benzene rings is 2. The molecule has 0 spiro atoms. The van der Waals surface area contributed by atoms with Gasteiger partial charge in [-0.2, -0.15) is 0 Å². The Labute approximate surface area is 153 Å². The first kappa shape index (κ1) is 16.5. The molecule has 27 heavy (non-hydrogen) atoms. The molecule has 6 nitrogen and oxygen atoms in total. The van der Waals surface area contributed by atoms with Gasteiger partial charge in [-0.25, -0.2) is 0 Å². The summed E-state index contributed by atoms with van der Waals surface area (Å²) in [6.45, 7) is 0. The average molecular weight is 358 g/mol. The summed E-state index contributed by atoms with van der Waals surface area (Å²) in [5.74, 6) is 1.22. The van der Waals surface area contributed by atoms with Crippen LogP contribution >= 0.6 is 0 Å². The number of pyridine rings is 1. The monoisotopic (exact) mass is 358 g/mol. The fourth-order valence-corrected chi connectivity index (χ4v) is 2.82. The molecular formula is C21H14N2O4. The van der Waals surface area contributed by atoms with E-state index in [0.29, 0.717) is 22.6 Å². The van der Waals surface area contributed by atoms with Gasteiger partial charge in [0, 0.05) is 40.4 Å². The minimum atomic E-state index is -0.440. The highest BCUT2D eigenvalue weighted by molar-refractivity contribution is 5.80. The molecule has 0 saturated heterocycles. The first-order valence-corrected chi connectivity index (χ1v) is 8.25. The van der Waals surface area contributed by atoms with Gasteiger partial charge in [0.05, 0.1) is 4.92 Å². The number of nitrogens with one attached hydrogen (secondary N) is 1. The molecular weight excluding hydrogens is 344 g/mol. The quantitative estimate of drug-likeness (QED) is 0.416. The first-order valence-electron chi connectivity index (χ1n) is 8.25. The first-order chi connectivity index (χ1) is 13.1. The number of aromatic nitrogens is 1. The van der Waals surface area contributed by atoms with Gasteiger partial charge in [0.25, 0.3) is 5.69 Å². The summed E-state index contributed by atoms with van der Waals surface area (Å²) >= 11 is 0. The van der Waals surface area contributed by atoms with E-state index in [1.807, 2.05) is 18.2 Å². The van der Waals surface area contributed by atoms with Crippen LogP contribution in [0, 0.1) is 10.1 Å². The molecule has 0 radical (unpaired) electrons. The molecule has 0 atom stereocenters. The Hall–Kier alpha value is -3.93. The number of hydrogen-bond donors (Lipinski definition) is 1. The van der Waals surface area contributed by atoms with Gasteiger partial charge in [0.15, 0.2) is 5.43 Å². The van der Waals surface area contributed by atoms with Gasteiger partial charge >= 0.3 is 0 Å². The molecule has 2 aromatic carbocycles. The molecule has 6 heteroatoms. The summed E-state index contributed by atoms with van der Waals surface area (Å²) in [6.07, 6.45) is 3.53. The van der Waals surface area contributed by atoms with E-state index in [4.69, 9.17) is 4.42 Å². The maximum absolute atomic E-state index is 12.2. The Bertz CT molecular complexity index is 1220. The van der Waals surface area contributed by atoms with Crippen molar-refractivity contribution in [1.29, 1.82) is 0 Å². The van der Waals surface area contributed by atoms with E-state index in [-0.39, 0.29) is 11.1 Å². The minimum Gasteiger partial charge on any atom is -0.457 e. The Balaban J connectivity index is 1.59. The van der Waals surface area contributed by atoms with Crippen LogP contribution in [0.2, 0.25) is 0 Å². The second-order valence-electron chi connectivity index (χ2n) is 5.97. The summed E-state index contributed by atoms with van der Waals surface area (Å²) in [4.78, 5) is 25.6. The SMILES string of the molecule is O=c1cc(/C=C/c2ccc(-c3ccc([N+](=O)[O-])cc3)o2)[nH]c2ccccc12. The molecule has 0 fully saturated rings. The molecule has 0 aliphatic rings. The van der Waals surface area contributed by atoms with Crippen LogP contribution in [-0.4, -0.2) is 9.91 Å². The van der Waals surface area contributed by atoms with E-state index < -0.39 is 4.92 Å². The number of furan rings is 1. The van der Waals surface area contributed by atoms with Crippen LogP contribution in [0.5, 0.6) is 0 Å². The molecule has 0 aliphatic carbocycles. The van der Waals surface area contributed by atoms with Crippen molar-refractivity contribution in [3.63, 3.8) is 0 Å². The average Bonchev–Trinajstić information content (AvgIpc) is 3.15. The second kappa shape index (κ2) is 6.76. The lowest BCUT2D eigenvalue weighted by Gasteiger charge is -1.99. The van der Waals surface area contributed by atoms with E-state index in [0.717, 1.165) is 11.1 Å². The number of para-hydroxylation sites is 1. The zero-order valence-corrected chi connectivity index (χ0v) is 14.1. The number of aromatic amines is 1. The van der Waals surface area contributed by atoms with Crippen LogP contribution in [0.15, 0.2) is 75.9 Å².